The van der Waals surface area contributed by atoms with Crippen LogP contribution < -0.4 is 5.32 Å². The van der Waals surface area contributed by atoms with Crippen LogP contribution in [0.5, 0.6) is 0 Å². The first-order chi connectivity index (χ1) is 9.33. The van der Waals surface area contributed by atoms with Gasteiger partial charge in [0.2, 0.25) is 0 Å². The van der Waals surface area contributed by atoms with Gasteiger partial charge in [0.05, 0.1) is 6.61 Å². The summed E-state index contributed by atoms with van der Waals surface area (Å²) < 4.78 is 2.21. The molecule has 0 aliphatic carbocycles. The Morgan fingerprint density at radius 2 is 1.95 bits per heavy atom. The zero-order valence-electron chi connectivity index (χ0n) is 11.4. The summed E-state index contributed by atoms with van der Waals surface area (Å²) in [4.78, 5) is 0. The Bertz CT molecular complexity index is 479. The zero-order valence-corrected chi connectivity index (χ0v) is 11.4. The molecular weight excluding hydrogens is 236 g/mol. The average Bonchev–Trinajstić information content (AvgIpc) is 2.92. The monoisotopic (exact) mass is 258 g/mol. The second-order valence-corrected chi connectivity index (χ2v) is 4.74. The molecule has 0 saturated heterocycles. The van der Waals surface area contributed by atoms with Crippen molar-refractivity contribution in [2.24, 2.45) is 0 Å². The number of rotatable bonds is 7. The molecule has 0 spiro atoms. The number of hydrogen-bond acceptors (Lipinski definition) is 2. The van der Waals surface area contributed by atoms with E-state index in [2.05, 4.69) is 47.3 Å². The number of aliphatic hydroxyl groups excluding tert-OH is 1. The highest BCUT2D eigenvalue weighted by molar-refractivity contribution is 5.16. The van der Waals surface area contributed by atoms with Gasteiger partial charge in [-0.05, 0) is 31.0 Å². The quantitative estimate of drug-likeness (QED) is 0.799. The molecule has 1 heterocycles. The van der Waals surface area contributed by atoms with Crippen LogP contribution in [0.25, 0.3) is 0 Å². The summed E-state index contributed by atoms with van der Waals surface area (Å²) in [6, 6.07) is 14.6. The SMILES string of the molecule is CCn1cccc1CNC(CO)Cc1ccccc1. The highest BCUT2D eigenvalue weighted by atomic mass is 16.3. The maximum Gasteiger partial charge on any atom is 0.0588 e. The zero-order chi connectivity index (χ0) is 13.5. The van der Waals surface area contributed by atoms with Crippen LogP contribution in [0.1, 0.15) is 18.2 Å². The van der Waals surface area contributed by atoms with Gasteiger partial charge in [-0.2, -0.15) is 0 Å². The molecule has 2 rings (SSSR count). The van der Waals surface area contributed by atoms with Crippen molar-refractivity contribution in [3.8, 4) is 0 Å². The van der Waals surface area contributed by atoms with Gasteiger partial charge in [0.15, 0.2) is 0 Å². The van der Waals surface area contributed by atoms with E-state index in [0.717, 1.165) is 19.5 Å². The third kappa shape index (κ3) is 3.94. The first kappa shape index (κ1) is 13.8. The number of nitrogens with one attached hydrogen (secondary N) is 1. The van der Waals surface area contributed by atoms with Crippen LogP contribution in [-0.2, 0) is 19.5 Å². The van der Waals surface area contributed by atoms with E-state index >= 15 is 0 Å². The fourth-order valence-corrected chi connectivity index (χ4v) is 2.27. The topological polar surface area (TPSA) is 37.2 Å². The van der Waals surface area contributed by atoms with E-state index in [4.69, 9.17) is 0 Å². The van der Waals surface area contributed by atoms with E-state index in [-0.39, 0.29) is 12.6 Å². The van der Waals surface area contributed by atoms with E-state index in [1.54, 1.807) is 0 Å². The van der Waals surface area contributed by atoms with Crippen LogP contribution in [0.3, 0.4) is 0 Å². The van der Waals surface area contributed by atoms with Gasteiger partial charge < -0.3 is 15.0 Å². The summed E-state index contributed by atoms with van der Waals surface area (Å²) in [6.45, 7) is 4.06. The van der Waals surface area contributed by atoms with Crippen molar-refractivity contribution in [1.29, 1.82) is 0 Å². The van der Waals surface area contributed by atoms with Gasteiger partial charge in [-0.1, -0.05) is 30.3 Å². The molecule has 2 N–H and O–H groups in total. The second-order valence-electron chi connectivity index (χ2n) is 4.74. The Morgan fingerprint density at radius 1 is 1.16 bits per heavy atom. The Kier molecular flexibility index (Phi) is 5.19. The fraction of sp³-hybridized carbons (Fsp3) is 0.375. The lowest BCUT2D eigenvalue weighted by Gasteiger charge is -2.17. The standard InChI is InChI=1S/C16H22N2O/c1-2-18-10-6-9-16(18)12-17-15(13-19)11-14-7-4-3-5-8-14/h3-10,15,17,19H,2,11-13H2,1H3. The molecular formula is C16H22N2O. The predicted molar refractivity (Wildman–Crippen MR) is 78.0 cm³/mol. The van der Waals surface area contributed by atoms with Crippen LogP contribution in [0, 0.1) is 0 Å². The van der Waals surface area contributed by atoms with Crippen molar-refractivity contribution in [3.05, 3.63) is 59.9 Å². The molecule has 0 fully saturated rings. The minimum Gasteiger partial charge on any atom is -0.395 e. The van der Waals surface area contributed by atoms with Crippen molar-refractivity contribution < 1.29 is 5.11 Å². The van der Waals surface area contributed by atoms with E-state index in [9.17, 15) is 5.11 Å². The van der Waals surface area contributed by atoms with E-state index in [1.807, 2.05) is 18.2 Å². The van der Waals surface area contributed by atoms with Gasteiger partial charge in [-0.3, -0.25) is 0 Å². The summed E-state index contributed by atoms with van der Waals surface area (Å²) in [5.74, 6) is 0. The third-order valence-electron chi connectivity index (χ3n) is 3.38. The molecule has 19 heavy (non-hydrogen) atoms. The summed E-state index contributed by atoms with van der Waals surface area (Å²) in [5, 5.41) is 12.9. The van der Waals surface area contributed by atoms with Crippen LogP contribution in [0.4, 0.5) is 0 Å². The van der Waals surface area contributed by atoms with Gasteiger partial charge >= 0.3 is 0 Å². The van der Waals surface area contributed by atoms with Crippen molar-refractivity contribution in [2.75, 3.05) is 6.61 Å². The number of benzene rings is 1. The number of aromatic nitrogens is 1. The minimum absolute atomic E-state index is 0.0996. The largest absolute Gasteiger partial charge is 0.395 e. The molecule has 3 heteroatoms. The highest BCUT2D eigenvalue weighted by Crippen LogP contribution is 2.05. The molecule has 1 aromatic heterocycles. The third-order valence-corrected chi connectivity index (χ3v) is 3.38. The molecule has 102 valence electrons. The Hall–Kier alpha value is -1.58. The number of aliphatic hydroxyl groups is 1. The first-order valence-corrected chi connectivity index (χ1v) is 6.85. The lowest BCUT2D eigenvalue weighted by molar-refractivity contribution is 0.240. The van der Waals surface area contributed by atoms with Crippen molar-refractivity contribution in [3.63, 3.8) is 0 Å². The van der Waals surface area contributed by atoms with E-state index in [1.165, 1.54) is 11.3 Å². The lowest BCUT2D eigenvalue weighted by atomic mass is 10.1. The maximum atomic E-state index is 9.47. The first-order valence-electron chi connectivity index (χ1n) is 6.85. The average molecular weight is 258 g/mol. The van der Waals surface area contributed by atoms with Crippen molar-refractivity contribution >= 4 is 0 Å². The molecule has 0 aliphatic rings. The van der Waals surface area contributed by atoms with Gasteiger partial charge in [0.25, 0.3) is 0 Å². The Labute approximate surface area is 114 Å². The normalized spacial score (nSPS) is 12.5. The lowest BCUT2D eigenvalue weighted by Crippen LogP contribution is -2.34. The van der Waals surface area contributed by atoms with Crippen molar-refractivity contribution in [1.82, 2.24) is 9.88 Å². The minimum atomic E-state index is 0.0996. The summed E-state index contributed by atoms with van der Waals surface area (Å²) >= 11 is 0. The molecule has 1 atom stereocenters. The van der Waals surface area contributed by atoms with Gasteiger partial charge in [-0.25, -0.2) is 0 Å². The fourth-order valence-electron chi connectivity index (χ4n) is 2.27. The molecule has 0 bridgehead atoms. The van der Waals surface area contributed by atoms with Crippen LogP contribution in [-0.4, -0.2) is 22.3 Å². The number of aryl methyl sites for hydroxylation is 1. The van der Waals surface area contributed by atoms with E-state index in [0.29, 0.717) is 0 Å². The van der Waals surface area contributed by atoms with Gasteiger partial charge in [0, 0.05) is 31.0 Å². The molecule has 0 saturated carbocycles. The summed E-state index contributed by atoms with van der Waals surface area (Å²) in [6.07, 6.45) is 2.94. The second kappa shape index (κ2) is 7.12. The van der Waals surface area contributed by atoms with Crippen LogP contribution >= 0.6 is 0 Å². The van der Waals surface area contributed by atoms with Gasteiger partial charge in [-0.15, -0.1) is 0 Å². The molecule has 1 aromatic carbocycles. The van der Waals surface area contributed by atoms with Crippen LogP contribution in [0.2, 0.25) is 0 Å². The highest BCUT2D eigenvalue weighted by Gasteiger charge is 2.08. The van der Waals surface area contributed by atoms with Gasteiger partial charge in [0.1, 0.15) is 0 Å². The number of nitrogens with zero attached hydrogens (tertiary/aromatic N) is 1. The molecule has 0 aliphatic heterocycles. The number of hydrogen-bond donors (Lipinski definition) is 2. The smallest absolute Gasteiger partial charge is 0.0588 e. The van der Waals surface area contributed by atoms with E-state index < -0.39 is 0 Å². The van der Waals surface area contributed by atoms with Crippen molar-refractivity contribution in [2.45, 2.75) is 32.5 Å². The molecule has 0 radical (unpaired) electrons. The van der Waals surface area contributed by atoms with Crippen LogP contribution in [0.15, 0.2) is 48.7 Å². The summed E-state index contributed by atoms with van der Waals surface area (Å²) in [7, 11) is 0. The molecule has 1 unspecified atom stereocenters. The predicted octanol–water partition coefficient (Wildman–Crippen LogP) is 2.20. The molecule has 3 nitrogen and oxygen atoms in total. The maximum absolute atomic E-state index is 9.47. The Balaban J connectivity index is 1.89. The molecule has 2 aromatic rings. The summed E-state index contributed by atoms with van der Waals surface area (Å²) in [5.41, 5.74) is 2.51. The molecule has 0 amide bonds. The Morgan fingerprint density at radius 3 is 2.63 bits per heavy atom.